The normalized spacial score (nSPS) is 13.2. The summed E-state index contributed by atoms with van der Waals surface area (Å²) in [5, 5.41) is 12.0. The Labute approximate surface area is 122 Å². The van der Waals surface area contributed by atoms with Gasteiger partial charge in [-0.3, -0.25) is 14.6 Å². The van der Waals surface area contributed by atoms with E-state index >= 15 is 0 Å². The van der Waals surface area contributed by atoms with Gasteiger partial charge in [0.1, 0.15) is 0 Å². The third-order valence-corrected chi connectivity index (χ3v) is 3.26. The van der Waals surface area contributed by atoms with Crippen LogP contribution in [0, 0.1) is 5.92 Å². The molecule has 1 aromatic carbocycles. The number of aliphatic carboxylic acids is 1. The van der Waals surface area contributed by atoms with Gasteiger partial charge < -0.3 is 10.4 Å². The number of hydrogen-bond donors (Lipinski definition) is 2. The first-order valence-electron chi connectivity index (χ1n) is 6.58. The molecule has 108 valence electrons. The molecule has 2 atom stereocenters. The van der Waals surface area contributed by atoms with Crippen LogP contribution in [-0.4, -0.2) is 22.0 Å². The van der Waals surface area contributed by atoms with Crippen LogP contribution in [0.4, 0.5) is 0 Å². The zero-order chi connectivity index (χ0) is 15.2. The molecule has 0 bridgehead atoms. The van der Waals surface area contributed by atoms with E-state index in [9.17, 15) is 14.7 Å². The second-order valence-electron chi connectivity index (χ2n) is 4.73. The Morgan fingerprint density at radius 1 is 1.14 bits per heavy atom. The van der Waals surface area contributed by atoms with Gasteiger partial charge in [-0.15, -0.1) is 0 Å². The number of carbonyl (C=O) groups excluding carboxylic acids is 1. The van der Waals surface area contributed by atoms with Crippen LogP contribution < -0.4 is 5.32 Å². The monoisotopic (exact) mass is 284 g/mol. The van der Waals surface area contributed by atoms with Gasteiger partial charge in [-0.05, 0) is 24.6 Å². The molecule has 2 rings (SSSR count). The van der Waals surface area contributed by atoms with Crippen LogP contribution in [0.5, 0.6) is 0 Å². The van der Waals surface area contributed by atoms with Crippen molar-refractivity contribution >= 4 is 11.9 Å². The van der Waals surface area contributed by atoms with Crippen molar-refractivity contribution in [2.24, 2.45) is 5.92 Å². The number of aromatic nitrogens is 1. The number of nitrogens with one attached hydrogen (secondary N) is 1. The van der Waals surface area contributed by atoms with Gasteiger partial charge >= 0.3 is 5.97 Å². The van der Waals surface area contributed by atoms with Gasteiger partial charge in [0.05, 0.1) is 17.5 Å². The first-order valence-corrected chi connectivity index (χ1v) is 6.58. The molecule has 2 N–H and O–H groups in total. The van der Waals surface area contributed by atoms with Crippen LogP contribution in [-0.2, 0) is 4.79 Å². The summed E-state index contributed by atoms with van der Waals surface area (Å²) in [4.78, 5) is 27.4. The molecule has 5 heteroatoms. The molecule has 0 fully saturated rings. The summed E-state index contributed by atoms with van der Waals surface area (Å²) < 4.78 is 0. The van der Waals surface area contributed by atoms with Gasteiger partial charge in [0.15, 0.2) is 0 Å². The van der Waals surface area contributed by atoms with Gasteiger partial charge in [-0.2, -0.15) is 0 Å². The maximum Gasteiger partial charge on any atom is 0.308 e. The lowest BCUT2D eigenvalue weighted by atomic mass is 9.94. The molecule has 0 aliphatic rings. The van der Waals surface area contributed by atoms with Gasteiger partial charge in [0.25, 0.3) is 5.91 Å². The minimum Gasteiger partial charge on any atom is -0.481 e. The largest absolute Gasteiger partial charge is 0.481 e. The molecule has 1 heterocycles. The third kappa shape index (κ3) is 3.66. The molecular weight excluding hydrogens is 268 g/mol. The highest BCUT2D eigenvalue weighted by Crippen LogP contribution is 2.22. The summed E-state index contributed by atoms with van der Waals surface area (Å²) >= 11 is 0. The van der Waals surface area contributed by atoms with Crippen molar-refractivity contribution in [3.63, 3.8) is 0 Å². The Balaban J connectivity index is 2.25. The number of carbonyl (C=O) groups is 2. The van der Waals surface area contributed by atoms with Crippen LogP contribution >= 0.6 is 0 Å². The average Bonchev–Trinajstić information content (AvgIpc) is 2.53. The lowest BCUT2D eigenvalue weighted by molar-refractivity contribution is -0.142. The first-order chi connectivity index (χ1) is 10.1. The number of rotatable bonds is 5. The van der Waals surface area contributed by atoms with Crippen LogP contribution in [0.25, 0.3) is 0 Å². The smallest absolute Gasteiger partial charge is 0.308 e. The van der Waals surface area contributed by atoms with E-state index in [2.05, 4.69) is 10.3 Å². The zero-order valence-corrected chi connectivity index (χ0v) is 11.6. The maximum atomic E-state index is 12.2. The van der Waals surface area contributed by atoms with Crippen LogP contribution in [0.1, 0.15) is 28.9 Å². The van der Waals surface area contributed by atoms with E-state index in [1.807, 2.05) is 18.2 Å². The van der Waals surface area contributed by atoms with Crippen molar-refractivity contribution in [3.8, 4) is 0 Å². The quantitative estimate of drug-likeness (QED) is 0.882. The second-order valence-corrected chi connectivity index (χ2v) is 4.73. The molecule has 1 aromatic heterocycles. The fourth-order valence-corrected chi connectivity index (χ4v) is 2.02. The van der Waals surface area contributed by atoms with E-state index in [-0.39, 0.29) is 5.91 Å². The van der Waals surface area contributed by atoms with Gasteiger partial charge in [0.2, 0.25) is 0 Å². The molecule has 0 aliphatic carbocycles. The summed E-state index contributed by atoms with van der Waals surface area (Å²) in [5.41, 5.74) is 1.15. The number of nitrogens with zero attached hydrogens (tertiary/aromatic N) is 1. The van der Waals surface area contributed by atoms with E-state index in [0.29, 0.717) is 5.56 Å². The topological polar surface area (TPSA) is 79.3 Å². The first kappa shape index (κ1) is 14.7. The van der Waals surface area contributed by atoms with Gasteiger partial charge in [-0.25, -0.2) is 0 Å². The summed E-state index contributed by atoms with van der Waals surface area (Å²) in [6.45, 7) is 1.57. The molecule has 0 radical (unpaired) electrons. The summed E-state index contributed by atoms with van der Waals surface area (Å²) in [5.74, 6) is -2.05. The highest BCUT2D eigenvalue weighted by molar-refractivity contribution is 5.94. The Morgan fingerprint density at radius 3 is 2.43 bits per heavy atom. The van der Waals surface area contributed by atoms with E-state index in [1.54, 1.807) is 37.4 Å². The fraction of sp³-hybridized carbons (Fsp3) is 0.188. The number of hydrogen-bond acceptors (Lipinski definition) is 3. The number of carboxylic acid groups (broad SMARTS) is 1. The maximum absolute atomic E-state index is 12.2. The molecule has 1 amide bonds. The molecular formula is C16H16N2O3. The minimum atomic E-state index is -0.963. The number of amides is 1. The molecule has 0 saturated heterocycles. The SMILES string of the molecule is C[C@@H](C(=O)O)[C@@H](NC(=O)c1cccnc1)c1ccccc1. The molecule has 0 aliphatic heterocycles. The Hall–Kier alpha value is -2.69. The van der Waals surface area contributed by atoms with E-state index in [0.717, 1.165) is 5.56 Å². The van der Waals surface area contributed by atoms with E-state index in [4.69, 9.17) is 0 Å². The van der Waals surface area contributed by atoms with Crippen molar-refractivity contribution < 1.29 is 14.7 Å². The van der Waals surface area contributed by atoms with Gasteiger partial charge in [0, 0.05) is 12.4 Å². The van der Waals surface area contributed by atoms with Crippen molar-refractivity contribution in [3.05, 3.63) is 66.0 Å². The number of pyridine rings is 1. The van der Waals surface area contributed by atoms with Crippen molar-refractivity contribution in [1.82, 2.24) is 10.3 Å². The highest BCUT2D eigenvalue weighted by Gasteiger charge is 2.27. The Bertz CT molecular complexity index is 614. The predicted octanol–water partition coefficient (Wildman–Crippen LogP) is 2.27. The van der Waals surface area contributed by atoms with E-state index in [1.165, 1.54) is 6.20 Å². The lowest BCUT2D eigenvalue weighted by Crippen LogP contribution is -2.35. The number of carboxylic acids is 1. The molecule has 21 heavy (non-hydrogen) atoms. The Morgan fingerprint density at radius 2 is 1.86 bits per heavy atom. The van der Waals surface area contributed by atoms with Crippen molar-refractivity contribution in [2.75, 3.05) is 0 Å². The van der Waals surface area contributed by atoms with Gasteiger partial charge in [-0.1, -0.05) is 30.3 Å². The predicted molar refractivity (Wildman–Crippen MR) is 77.7 cm³/mol. The zero-order valence-electron chi connectivity index (χ0n) is 11.6. The number of benzene rings is 1. The molecule has 0 saturated carbocycles. The standard InChI is InChI=1S/C16H16N2O3/c1-11(16(20)21)14(12-6-3-2-4-7-12)18-15(19)13-8-5-9-17-10-13/h2-11,14H,1H3,(H,18,19)(H,20,21)/t11-,14-/m1/s1. The van der Waals surface area contributed by atoms with Crippen LogP contribution in [0.15, 0.2) is 54.9 Å². The average molecular weight is 284 g/mol. The van der Waals surface area contributed by atoms with Crippen LogP contribution in [0.3, 0.4) is 0 Å². The summed E-state index contributed by atoms with van der Waals surface area (Å²) in [6, 6.07) is 11.8. The van der Waals surface area contributed by atoms with Crippen molar-refractivity contribution in [2.45, 2.75) is 13.0 Å². The molecule has 0 spiro atoms. The van der Waals surface area contributed by atoms with Crippen molar-refractivity contribution in [1.29, 1.82) is 0 Å². The minimum absolute atomic E-state index is 0.343. The lowest BCUT2D eigenvalue weighted by Gasteiger charge is -2.23. The highest BCUT2D eigenvalue weighted by atomic mass is 16.4. The third-order valence-electron chi connectivity index (χ3n) is 3.26. The molecule has 0 unspecified atom stereocenters. The van der Waals surface area contributed by atoms with E-state index < -0.39 is 17.9 Å². The second kappa shape index (κ2) is 6.65. The fourth-order valence-electron chi connectivity index (χ4n) is 2.02. The molecule has 2 aromatic rings. The summed E-state index contributed by atoms with van der Waals surface area (Å²) in [7, 11) is 0. The summed E-state index contributed by atoms with van der Waals surface area (Å²) in [6.07, 6.45) is 3.02. The Kier molecular flexibility index (Phi) is 4.66. The molecule has 5 nitrogen and oxygen atoms in total. The van der Waals surface area contributed by atoms with Crippen LogP contribution in [0.2, 0.25) is 0 Å².